The zero-order valence-corrected chi connectivity index (χ0v) is 5.59. The summed E-state index contributed by atoms with van der Waals surface area (Å²) in [5.74, 6) is 0.743. The highest BCUT2D eigenvalue weighted by molar-refractivity contribution is 5.05. The van der Waals surface area contributed by atoms with Gasteiger partial charge >= 0.3 is 0 Å². The van der Waals surface area contributed by atoms with Crippen molar-refractivity contribution in [3.8, 4) is 0 Å². The van der Waals surface area contributed by atoms with Crippen LogP contribution in [0.2, 0.25) is 0 Å². The minimum absolute atomic E-state index is 0.0498. The second kappa shape index (κ2) is 2.19. The smallest absolute Gasteiger partial charge is 0.153 e. The Bertz CT molecular complexity index is 193. The van der Waals surface area contributed by atoms with E-state index in [0.29, 0.717) is 0 Å². The Labute approximate surface area is 53.8 Å². The lowest BCUT2D eigenvalue weighted by molar-refractivity contribution is 0.364. The van der Waals surface area contributed by atoms with E-state index in [9.17, 15) is 0 Å². The molecule has 0 unspecified atom stereocenters. The van der Waals surface area contributed by atoms with Gasteiger partial charge in [0.15, 0.2) is 5.76 Å². The van der Waals surface area contributed by atoms with Crippen LogP contribution in [0.1, 0.15) is 24.4 Å². The Morgan fingerprint density at radius 2 is 2.44 bits per heavy atom. The van der Waals surface area contributed by atoms with Crippen molar-refractivity contribution >= 4 is 0 Å². The molecule has 0 spiro atoms. The van der Waals surface area contributed by atoms with Gasteiger partial charge in [-0.3, -0.25) is 0 Å². The average Bonchev–Trinajstić information content (AvgIpc) is 2.14. The molecule has 1 aromatic rings. The molecule has 3 nitrogen and oxygen atoms in total. The second-order valence-electron chi connectivity index (χ2n) is 2.16. The molecule has 0 fully saturated rings. The minimum Gasteiger partial charge on any atom is -0.359 e. The first-order chi connectivity index (χ1) is 4.20. The highest BCUT2D eigenvalue weighted by Gasteiger charge is 2.03. The fourth-order valence-electron chi connectivity index (χ4n) is 0.598. The Morgan fingerprint density at radius 3 is 2.67 bits per heavy atom. The summed E-state index contributed by atoms with van der Waals surface area (Å²) in [6, 6.07) is 1.79. The van der Waals surface area contributed by atoms with Crippen molar-refractivity contribution in [2.24, 2.45) is 5.73 Å². The van der Waals surface area contributed by atoms with Gasteiger partial charge in [-0.15, -0.1) is 0 Å². The van der Waals surface area contributed by atoms with Crippen LogP contribution < -0.4 is 5.73 Å². The van der Waals surface area contributed by atoms with Gasteiger partial charge in [0.2, 0.25) is 0 Å². The van der Waals surface area contributed by atoms with Crippen molar-refractivity contribution < 1.29 is 4.52 Å². The Balaban J connectivity index is 2.85. The quantitative estimate of drug-likeness (QED) is 0.610. The first-order valence-electron chi connectivity index (χ1n) is 2.89. The molecule has 0 bridgehead atoms. The van der Waals surface area contributed by atoms with Gasteiger partial charge in [-0.05, 0) is 13.8 Å². The molecule has 9 heavy (non-hydrogen) atoms. The van der Waals surface area contributed by atoms with Crippen LogP contribution in [0.5, 0.6) is 0 Å². The maximum atomic E-state index is 5.49. The van der Waals surface area contributed by atoms with Gasteiger partial charge in [-0.25, -0.2) is 0 Å². The zero-order chi connectivity index (χ0) is 6.85. The fourth-order valence-corrected chi connectivity index (χ4v) is 0.598. The molecular weight excluding hydrogens is 116 g/mol. The zero-order valence-electron chi connectivity index (χ0n) is 5.59. The molecule has 0 aliphatic heterocycles. The van der Waals surface area contributed by atoms with E-state index in [1.807, 2.05) is 19.9 Å². The summed E-state index contributed by atoms with van der Waals surface area (Å²) < 4.78 is 4.85. The van der Waals surface area contributed by atoms with Crippen LogP contribution in [0.4, 0.5) is 0 Å². The summed E-state index contributed by atoms with van der Waals surface area (Å²) in [4.78, 5) is 0. The van der Waals surface area contributed by atoms with Crippen LogP contribution in [-0.2, 0) is 0 Å². The van der Waals surface area contributed by atoms with Crippen molar-refractivity contribution in [2.75, 3.05) is 0 Å². The number of hydrogen-bond acceptors (Lipinski definition) is 3. The molecule has 0 aliphatic rings. The molecule has 0 aliphatic carbocycles. The van der Waals surface area contributed by atoms with Gasteiger partial charge in [0.05, 0.1) is 11.7 Å². The lowest BCUT2D eigenvalue weighted by Gasteiger charge is -1.93. The molecule has 0 radical (unpaired) electrons. The molecule has 1 heterocycles. The molecule has 1 aromatic heterocycles. The molecule has 0 aromatic carbocycles. The van der Waals surface area contributed by atoms with Gasteiger partial charge in [-0.2, -0.15) is 0 Å². The summed E-state index contributed by atoms with van der Waals surface area (Å²) in [6.07, 6.45) is 0. The normalized spacial score (nSPS) is 13.7. The lowest BCUT2D eigenvalue weighted by atomic mass is 10.2. The lowest BCUT2D eigenvalue weighted by Crippen LogP contribution is -2.02. The van der Waals surface area contributed by atoms with Crippen LogP contribution in [0.15, 0.2) is 10.6 Å². The summed E-state index contributed by atoms with van der Waals surface area (Å²) >= 11 is 0. The summed E-state index contributed by atoms with van der Waals surface area (Å²) in [6.45, 7) is 3.73. The van der Waals surface area contributed by atoms with E-state index < -0.39 is 0 Å². The number of rotatable bonds is 1. The minimum atomic E-state index is -0.0498. The molecular formula is C6H10N2O. The van der Waals surface area contributed by atoms with Crippen LogP contribution in [-0.4, -0.2) is 5.16 Å². The van der Waals surface area contributed by atoms with Gasteiger partial charge in [0, 0.05) is 6.07 Å². The van der Waals surface area contributed by atoms with E-state index in [0.717, 1.165) is 11.5 Å². The predicted molar refractivity (Wildman–Crippen MR) is 33.8 cm³/mol. The highest BCUT2D eigenvalue weighted by atomic mass is 16.5. The van der Waals surface area contributed by atoms with Crippen molar-refractivity contribution in [1.29, 1.82) is 0 Å². The molecule has 0 saturated heterocycles. The third-order valence-electron chi connectivity index (χ3n) is 1.09. The van der Waals surface area contributed by atoms with Crippen LogP contribution in [0.25, 0.3) is 0 Å². The van der Waals surface area contributed by atoms with Crippen molar-refractivity contribution in [3.63, 3.8) is 0 Å². The molecule has 50 valence electrons. The van der Waals surface area contributed by atoms with Crippen molar-refractivity contribution in [2.45, 2.75) is 19.9 Å². The SMILES string of the molecule is Cc1cc([C@H](C)N)on1. The number of aryl methyl sites for hydroxylation is 1. The third kappa shape index (κ3) is 1.29. The molecule has 2 N–H and O–H groups in total. The molecule has 0 saturated carbocycles. The predicted octanol–water partition coefficient (Wildman–Crippen LogP) is 1.00. The van der Waals surface area contributed by atoms with Crippen molar-refractivity contribution in [3.05, 3.63) is 17.5 Å². The van der Waals surface area contributed by atoms with E-state index in [4.69, 9.17) is 10.3 Å². The van der Waals surface area contributed by atoms with E-state index in [-0.39, 0.29) is 6.04 Å². The standard InChI is InChI=1S/C6H10N2O/c1-4-3-6(5(2)7)9-8-4/h3,5H,7H2,1-2H3/t5-/m0/s1. The van der Waals surface area contributed by atoms with E-state index in [1.165, 1.54) is 0 Å². The van der Waals surface area contributed by atoms with Gasteiger partial charge in [-0.1, -0.05) is 5.16 Å². The van der Waals surface area contributed by atoms with Gasteiger partial charge in [0.1, 0.15) is 0 Å². The fraction of sp³-hybridized carbons (Fsp3) is 0.500. The monoisotopic (exact) mass is 126 g/mol. The van der Waals surface area contributed by atoms with Crippen LogP contribution >= 0.6 is 0 Å². The number of nitrogens with two attached hydrogens (primary N) is 1. The molecule has 0 amide bonds. The Kier molecular flexibility index (Phi) is 1.53. The second-order valence-corrected chi connectivity index (χ2v) is 2.16. The van der Waals surface area contributed by atoms with Crippen molar-refractivity contribution in [1.82, 2.24) is 5.16 Å². The first kappa shape index (κ1) is 6.29. The van der Waals surface area contributed by atoms with E-state index in [1.54, 1.807) is 0 Å². The topological polar surface area (TPSA) is 52.0 Å². The van der Waals surface area contributed by atoms with E-state index in [2.05, 4.69) is 5.16 Å². The van der Waals surface area contributed by atoms with E-state index >= 15 is 0 Å². The molecule has 1 atom stereocenters. The molecule has 1 rings (SSSR count). The third-order valence-corrected chi connectivity index (χ3v) is 1.09. The summed E-state index contributed by atoms with van der Waals surface area (Å²) in [7, 11) is 0. The van der Waals surface area contributed by atoms with Crippen LogP contribution in [0, 0.1) is 6.92 Å². The van der Waals surface area contributed by atoms with Crippen LogP contribution in [0.3, 0.4) is 0 Å². The first-order valence-corrected chi connectivity index (χ1v) is 2.89. The highest BCUT2D eigenvalue weighted by Crippen LogP contribution is 2.09. The average molecular weight is 126 g/mol. The summed E-state index contributed by atoms with van der Waals surface area (Å²) in [5, 5.41) is 3.68. The maximum absolute atomic E-state index is 5.49. The number of hydrogen-bond donors (Lipinski definition) is 1. The summed E-state index contributed by atoms with van der Waals surface area (Å²) in [5.41, 5.74) is 6.37. The number of aromatic nitrogens is 1. The largest absolute Gasteiger partial charge is 0.359 e. The Morgan fingerprint density at radius 1 is 1.78 bits per heavy atom. The van der Waals surface area contributed by atoms with Gasteiger partial charge in [0.25, 0.3) is 0 Å². The molecule has 3 heteroatoms. The number of nitrogens with zero attached hydrogens (tertiary/aromatic N) is 1. The van der Waals surface area contributed by atoms with Gasteiger partial charge < -0.3 is 10.3 Å². The maximum Gasteiger partial charge on any atom is 0.153 e. The Hall–Kier alpha value is -0.830.